The normalized spacial score (nSPS) is 12.0. The van der Waals surface area contributed by atoms with Gasteiger partial charge in [0, 0.05) is 36.0 Å². The highest BCUT2D eigenvalue weighted by Crippen LogP contribution is 2.26. The number of ketones is 1. The quantitative estimate of drug-likeness (QED) is 0.252. The molecule has 0 saturated heterocycles. The van der Waals surface area contributed by atoms with Gasteiger partial charge in [-0.15, -0.1) is 0 Å². The van der Waals surface area contributed by atoms with Gasteiger partial charge in [-0.3, -0.25) is 4.79 Å². The second kappa shape index (κ2) is 9.82. The molecule has 8 nitrogen and oxygen atoms in total. The van der Waals surface area contributed by atoms with Gasteiger partial charge in [-0.1, -0.05) is 0 Å². The maximum absolute atomic E-state index is 11.5. The first-order valence-electron chi connectivity index (χ1n) is 11.0. The summed E-state index contributed by atoms with van der Waals surface area (Å²) in [7, 11) is 0. The number of nitrogens with zero attached hydrogens (tertiary/aromatic N) is 2. The number of ether oxygens (including phenoxy) is 2. The van der Waals surface area contributed by atoms with E-state index in [1.165, 1.54) is 6.92 Å². The highest BCUT2D eigenvalue weighted by molar-refractivity contribution is 5.92. The third-order valence-corrected chi connectivity index (χ3v) is 5.51. The van der Waals surface area contributed by atoms with Crippen LogP contribution in [0.2, 0.25) is 0 Å². The van der Waals surface area contributed by atoms with Crippen LogP contribution in [0.1, 0.15) is 42.6 Å². The van der Waals surface area contributed by atoms with Gasteiger partial charge in [-0.25, -0.2) is 9.78 Å². The van der Waals surface area contributed by atoms with Crippen LogP contribution in [0, 0.1) is 6.92 Å². The Kier molecular flexibility index (Phi) is 6.67. The van der Waals surface area contributed by atoms with Crippen molar-refractivity contribution in [1.29, 1.82) is 0 Å². The fourth-order valence-corrected chi connectivity index (χ4v) is 3.67. The number of aromatic nitrogens is 2. The highest BCUT2D eigenvalue weighted by Gasteiger charge is 2.16. The Bertz CT molecular complexity index is 1320. The maximum atomic E-state index is 11.5. The summed E-state index contributed by atoms with van der Waals surface area (Å²) in [6.45, 7) is 5.83. The van der Waals surface area contributed by atoms with Crippen molar-refractivity contribution in [2.45, 2.75) is 33.2 Å². The van der Waals surface area contributed by atoms with E-state index in [2.05, 4.69) is 4.98 Å². The molecule has 2 heterocycles. The summed E-state index contributed by atoms with van der Waals surface area (Å²) in [5, 5.41) is 10.2. The lowest BCUT2D eigenvalue weighted by Gasteiger charge is -2.11. The van der Waals surface area contributed by atoms with Crippen LogP contribution < -0.4 is 9.47 Å². The summed E-state index contributed by atoms with van der Waals surface area (Å²) in [4.78, 5) is 27.1. The van der Waals surface area contributed by atoms with Gasteiger partial charge in [-0.05, 0) is 62.4 Å². The number of rotatable bonds is 10. The number of fused-ring (bicyclic) bond motifs is 1. The fraction of sp³-hybridized carbons (Fsp3) is 0.269. The van der Waals surface area contributed by atoms with Gasteiger partial charge in [0.25, 0.3) is 0 Å². The van der Waals surface area contributed by atoms with Gasteiger partial charge in [0.2, 0.25) is 5.89 Å². The summed E-state index contributed by atoms with van der Waals surface area (Å²) >= 11 is 0. The summed E-state index contributed by atoms with van der Waals surface area (Å²) in [6, 6.07) is 14.2. The topological polar surface area (TPSA) is 104 Å². The first-order valence-corrected chi connectivity index (χ1v) is 11.0. The first kappa shape index (κ1) is 23.1. The van der Waals surface area contributed by atoms with E-state index in [1.54, 1.807) is 24.6 Å². The molecule has 1 N–H and O–H groups in total. The van der Waals surface area contributed by atoms with Gasteiger partial charge < -0.3 is 23.6 Å². The Hall–Kier alpha value is -4.07. The lowest BCUT2D eigenvalue weighted by Crippen LogP contribution is -2.14. The number of oxazole rings is 1. The van der Waals surface area contributed by atoms with Gasteiger partial charge in [0.15, 0.2) is 11.5 Å². The maximum Gasteiger partial charge on any atom is 0.326 e. The molecule has 2 aromatic heterocycles. The number of aliphatic carboxylic acids is 1. The van der Waals surface area contributed by atoms with Crippen LogP contribution in [-0.4, -0.2) is 39.6 Å². The molecule has 4 aromatic rings. The number of hydrogen-bond donors (Lipinski definition) is 1. The second-order valence-corrected chi connectivity index (χ2v) is 8.02. The van der Waals surface area contributed by atoms with Crippen molar-refractivity contribution < 1.29 is 28.6 Å². The molecule has 34 heavy (non-hydrogen) atoms. The summed E-state index contributed by atoms with van der Waals surface area (Å²) in [6.07, 6.45) is 2.47. The Labute approximate surface area is 196 Å². The molecule has 1 atom stereocenters. The Morgan fingerprint density at radius 3 is 2.38 bits per heavy atom. The minimum atomic E-state index is -0.873. The number of Topliss-reactive ketones (excluding diaryl/α,β-unsaturated/α-hetero) is 1. The SMILES string of the molecule is CC(=O)c1oc(-c2ccc(OCCCOc3ccc4c(ccn4C(C)C(=O)O)c3)cc2)nc1C. The number of aryl methyl sites for hydroxylation is 1. The number of hydrogen-bond acceptors (Lipinski definition) is 6. The molecule has 2 aromatic carbocycles. The molecule has 8 heteroatoms. The van der Waals surface area contributed by atoms with E-state index in [4.69, 9.17) is 13.9 Å². The average Bonchev–Trinajstić information content (AvgIpc) is 3.42. The van der Waals surface area contributed by atoms with Crippen LogP contribution >= 0.6 is 0 Å². The summed E-state index contributed by atoms with van der Waals surface area (Å²) < 4.78 is 18.9. The van der Waals surface area contributed by atoms with Crippen molar-refractivity contribution in [3.8, 4) is 23.0 Å². The third-order valence-electron chi connectivity index (χ3n) is 5.51. The lowest BCUT2D eigenvalue weighted by molar-refractivity contribution is -0.140. The van der Waals surface area contributed by atoms with Crippen LogP contribution in [0.3, 0.4) is 0 Å². The van der Waals surface area contributed by atoms with Crippen molar-refractivity contribution in [2.24, 2.45) is 0 Å². The molecule has 0 aliphatic carbocycles. The van der Waals surface area contributed by atoms with Crippen LogP contribution in [0.15, 0.2) is 59.1 Å². The zero-order valence-corrected chi connectivity index (χ0v) is 19.3. The zero-order valence-electron chi connectivity index (χ0n) is 19.3. The molecule has 0 radical (unpaired) electrons. The molecule has 4 rings (SSSR count). The third kappa shape index (κ3) is 4.96. The zero-order chi connectivity index (χ0) is 24.2. The van der Waals surface area contributed by atoms with Crippen molar-refractivity contribution in [3.63, 3.8) is 0 Å². The Morgan fingerprint density at radius 2 is 1.74 bits per heavy atom. The molecule has 0 aliphatic rings. The molecule has 0 fully saturated rings. The molecule has 0 aliphatic heterocycles. The fourth-order valence-electron chi connectivity index (χ4n) is 3.67. The number of carbonyl (C=O) groups excluding carboxylic acids is 1. The highest BCUT2D eigenvalue weighted by atomic mass is 16.5. The molecular formula is C26H26N2O6. The van der Waals surface area contributed by atoms with E-state index in [-0.39, 0.29) is 11.5 Å². The molecular weight excluding hydrogens is 436 g/mol. The Balaban J connectivity index is 1.26. The minimum Gasteiger partial charge on any atom is -0.493 e. The predicted molar refractivity (Wildman–Crippen MR) is 127 cm³/mol. The Morgan fingerprint density at radius 1 is 1.06 bits per heavy atom. The van der Waals surface area contributed by atoms with Crippen molar-refractivity contribution in [1.82, 2.24) is 9.55 Å². The standard InChI is InChI=1S/C26H26N2O6/c1-16-24(18(3)29)34-25(27-16)19-5-7-21(8-6-19)32-13-4-14-33-22-9-10-23-20(15-22)11-12-28(23)17(2)26(30)31/h5-12,15,17H,4,13-14H2,1-3H3,(H,30,31). The largest absolute Gasteiger partial charge is 0.493 e. The number of benzene rings is 2. The van der Waals surface area contributed by atoms with Crippen molar-refractivity contribution >= 4 is 22.7 Å². The molecule has 176 valence electrons. The monoisotopic (exact) mass is 462 g/mol. The van der Waals surface area contributed by atoms with Gasteiger partial charge in [0.05, 0.1) is 18.9 Å². The lowest BCUT2D eigenvalue weighted by atomic mass is 10.2. The molecule has 0 spiro atoms. The van der Waals surface area contributed by atoms with E-state index in [0.29, 0.717) is 37.0 Å². The van der Waals surface area contributed by atoms with E-state index < -0.39 is 12.0 Å². The average molecular weight is 463 g/mol. The minimum absolute atomic E-state index is 0.149. The molecule has 1 unspecified atom stereocenters. The first-order chi connectivity index (χ1) is 16.3. The van der Waals surface area contributed by atoms with E-state index in [0.717, 1.165) is 22.2 Å². The number of carboxylic acids is 1. The van der Waals surface area contributed by atoms with Crippen LogP contribution in [0.5, 0.6) is 11.5 Å². The van der Waals surface area contributed by atoms with Gasteiger partial charge >= 0.3 is 5.97 Å². The predicted octanol–water partition coefficient (Wildman–Crippen LogP) is 5.30. The molecule has 0 amide bonds. The van der Waals surface area contributed by atoms with Crippen molar-refractivity contribution in [3.05, 3.63) is 66.2 Å². The van der Waals surface area contributed by atoms with Crippen molar-refractivity contribution in [2.75, 3.05) is 13.2 Å². The summed E-state index contributed by atoms with van der Waals surface area (Å²) in [5.74, 6) is 1.11. The smallest absolute Gasteiger partial charge is 0.326 e. The van der Waals surface area contributed by atoms with Crippen LogP contribution in [-0.2, 0) is 4.79 Å². The van der Waals surface area contributed by atoms with E-state index in [9.17, 15) is 14.7 Å². The van der Waals surface area contributed by atoms with E-state index in [1.807, 2.05) is 48.5 Å². The van der Waals surface area contributed by atoms with Crippen LogP contribution in [0.25, 0.3) is 22.4 Å². The van der Waals surface area contributed by atoms with Gasteiger partial charge in [-0.2, -0.15) is 0 Å². The van der Waals surface area contributed by atoms with E-state index >= 15 is 0 Å². The summed E-state index contributed by atoms with van der Waals surface area (Å²) in [5.41, 5.74) is 2.20. The molecule has 0 saturated carbocycles. The number of carbonyl (C=O) groups is 2. The van der Waals surface area contributed by atoms with Crippen LogP contribution in [0.4, 0.5) is 0 Å². The second-order valence-electron chi connectivity index (χ2n) is 8.02. The number of carboxylic acid groups (broad SMARTS) is 1. The molecule has 0 bridgehead atoms. The van der Waals surface area contributed by atoms with Gasteiger partial charge in [0.1, 0.15) is 17.5 Å².